The van der Waals surface area contributed by atoms with E-state index in [1.54, 1.807) is 13.8 Å². The lowest BCUT2D eigenvalue weighted by atomic mass is 9.86. The van der Waals surface area contributed by atoms with Crippen LogP contribution in [0.4, 0.5) is 17.6 Å². The number of aromatic nitrogens is 1. The summed E-state index contributed by atoms with van der Waals surface area (Å²) in [5.41, 5.74) is -4.71. The average molecular weight is 539 g/mol. The summed E-state index contributed by atoms with van der Waals surface area (Å²) in [6, 6.07) is 4.87. The largest absolute Gasteiger partial charge is 0.435 e. The Hall–Kier alpha value is -2.10. The van der Waals surface area contributed by atoms with Gasteiger partial charge in [-0.3, -0.25) is 9.78 Å². The Labute approximate surface area is 207 Å². The summed E-state index contributed by atoms with van der Waals surface area (Å²) in [5.74, 6) is -0.409. The third-order valence-corrected chi connectivity index (χ3v) is 7.08. The maximum atomic E-state index is 15.1. The number of carbonyl (C=O) groups is 1. The molecule has 1 saturated heterocycles. The third kappa shape index (κ3) is 4.12. The van der Waals surface area contributed by atoms with E-state index < -0.39 is 23.9 Å². The van der Waals surface area contributed by atoms with Gasteiger partial charge in [-0.05, 0) is 24.3 Å². The first kappa shape index (κ1) is 25.0. The van der Waals surface area contributed by atoms with Crippen LogP contribution in [-0.4, -0.2) is 40.8 Å². The lowest BCUT2D eigenvalue weighted by molar-refractivity contribution is -0.275. The molecule has 5 nitrogen and oxygen atoms in total. The highest BCUT2D eigenvalue weighted by Gasteiger charge is 2.62. The summed E-state index contributed by atoms with van der Waals surface area (Å²) in [7, 11) is 0. The number of amides is 1. The van der Waals surface area contributed by atoms with E-state index in [0.29, 0.717) is 0 Å². The molecule has 2 aliphatic heterocycles. The second-order valence-corrected chi connectivity index (χ2v) is 9.82. The van der Waals surface area contributed by atoms with Gasteiger partial charge in [0, 0.05) is 23.2 Å². The Balaban J connectivity index is 1.56. The molecule has 1 amide bonds. The molecule has 2 aliphatic rings. The molecule has 0 spiro atoms. The fraction of sp³-hybridized carbons (Fsp3) is 0.409. The first-order valence-corrected chi connectivity index (χ1v) is 11.3. The van der Waals surface area contributed by atoms with Gasteiger partial charge in [-0.15, -0.1) is 0 Å². The molecule has 0 saturated carbocycles. The molecule has 1 unspecified atom stereocenters. The SMILES string of the molecule is CC(C)C(=O)N1CC(F)(c2ccc(C3=NOC(c4cc(Cl)c(Cl)c(Cl)c4)(C(F)(F)F)C3)cn2)C1. The van der Waals surface area contributed by atoms with Crippen molar-refractivity contribution >= 4 is 46.4 Å². The highest BCUT2D eigenvalue weighted by atomic mass is 35.5. The van der Waals surface area contributed by atoms with Crippen molar-refractivity contribution in [2.45, 2.75) is 37.7 Å². The predicted octanol–water partition coefficient (Wildman–Crippen LogP) is 6.29. The highest BCUT2D eigenvalue weighted by molar-refractivity contribution is 6.48. The fourth-order valence-electron chi connectivity index (χ4n) is 3.92. The van der Waals surface area contributed by atoms with Crippen molar-refractivity contribution in [3.8, 4) is 0 Å². The minimum atomic E-state index is -4.87. The molecular formula is C22H18Cl3F4N3O2. The summed E-state index contributed by atoms with van der Waals surface area (Å²) < 4.78 is 57.7. The van der Waals surface area contributed by atoms with E-state index in [4.69, 9.17) is 39.6 Å². The average Bonchev–Trinajstić information content (AvgIpc) is 3.21. The van der Waals surface area contributed by atoms with Crippen molar-refractivity contribution in [3.63, 3.8) is 0 Å². The molecule has 4 rings (SSSR count). The Morgan fingerprint density at radius 1 is 1.15 bits per heavy atom. The van der Waals surface area contributed by atoms with Crippen LogP contribution in [0.5, 0.6) is 0 Å². The lowest BCUT2D eigenvalue weighted by Crippen LogP contribution is -2.60. The monoisotopic (exact) mass is 537 g/mol. The van der Waals surface area contributed by atoms with Gasteiger partial charge in [0.05, 0.1) is 46.0 Å². The molecule has 3 heterocycles. The zero-order valence-electron chi connectivity index (χ0n) is 17.9. The predicted molar refractivity (Wildman–Crippen MR) is 120 cm³/mol. The lowest BCUT2D eigenvalue weighted by Gasteiger charge is -2.44. The third-order valence-electron chi connectivity index (χ3n) is 5.88. The normalized spacial score (nSPS) is 21.8. The molecule has 182 valence electrons. The molecular weight excluding hydrogens is 521 g/mol. The summed E-state index contributed by atoms with van der Waals surface area (Å²) in [6.45, 7) is 3.20. The van der Waals surface area contributed by atoms with Crippen LogP contribution in [0.3, 0.4) is 0 Å². The van der Waals surface area contributed by atoms with Gasteiger partial charge < -0.3 is 9.74 Å². The molecule has 0 radical (unpaired) electrons. The van der Waals surface area contributed by atoms with E-state index in [0.717, 1.165) is 12.1 Å². The number of rotatable bonds is 4. The number of alkyl halides is 4. The van der Waals surface area contributed by atoms with Crippen molar-refractivity contribution < 1.29 is 27.2 Å². The number of oxime groups is 1. The van der Waals surface area contributed by atoms with Gasteiger partial charge in [0.15, 0.2) is 5.67 Å². The van der Waals surface area contributed by atoms with Gasteiger partial charge in [-0.1, -0.05) is 53.8 Å². The van der Waals surface area contributed by atoms with Crippen LogP contribution in [-0.2, 0) is 20.9 Å². The number of nitrogens with zero attached hydrogens (tertiary/aromatic N) is 3. The van der Waals surface area contributed by atoms with E-state index in [-0.39, 0.29) is 62.5 Å². The van der Waals surface area contributed by atoms with Crippen molar-refractivity contribution in [1.82, 2.24) is 9.88 Å². The van der Waals surface area contributed by atoms with E-state index >= 15 is 4.39 Å². The number of hydrogen-bond acceptors (Lipinski definition) is 4. The van der Waals surface area contributed by atoms with E-state index in [1.165, 1.54) is 23.2 Å². The van der Waals surface area contributed by atoms with Crippen LogP contribution in [0.15, 0.2) is 35.6 Å². The zero-order valence-corrected chi connectivity index (χ0v) is 20.2. The van der Waals surface area contributed by atoms with Crippen molar-refractivity contribution in [2.75, 3.05) is 13.1 Å². The zero-order chi connectivity index (χ0) is 25.1. The molecule has 12 heteroatoms. The number of benzene rings is 1. The standard InChI is InChI=1S/C22H18Cl3F4N3O2/c1-11(2)19(33)32-9-20(26,10-32)17-4-3-12(8-30-17)16-7-21(34-31-16,22(27,28)29)13-5-14(23)18(25)15(24)6-13/h3-6,8,11H,7,9-10H2,1-2H3. The number of halogens is 7. The second-order valence-electron chi connectivity index (χ2n) is 8.63. The molecule has 34 heavy (non-hydrogen) atoms. The molecule has 2 aromatic rings. The van der Waals surface area contributed by atoms with Crippen LogP contribution < -0.4 is 0 Å². The van der Waals surface area contributed by atoms with Crippen molar-refractivity contribution in [2.24, 2.45) is 11.1 Å². The number of hydrogen-bond donors (Lipinski definition) is 0. The van der Waals surface area contributed by atoms with Crippen molar-refractivity contribution in [3.05, 3.63) is 62.4 Å². The highest BCUT2D eigenvalue weighted by Crippen LogP contribution is 2.50. The minimum Gasteiger partial charge on any atom is -0.374 e. The summed E-state index contributed by atoms with van der Waals surface area (Å²) >= 11 is 17.8. The van der Waals surface area contributed by atoms with Gasteiger partial charge in [0.2, 0.25) is 5.91 Å². The number of likely N-dealkylation sites (tertiary alicyclic amines) is 1. The van der Waals surface area contributed by atoms with E-state index in [1.807, 2.05) is 0 Å². The molecule has 0 bridgehead atoms. The quantitative estimate of drug-likeness (QED) is 0.340. The van der Waals surface area contributed by atoms with Gasteiger partial charge in [0.25, 0.3) is 5.60 Å². The maximum absolute atomic E-state index is 15.1. The molecule has 0 aliphatic carbocycles. The van der Waals surface area contributed by atoms with Crippen molar-refractivity contribution in [1.29, 1.82) is 0 Å². The summed E-state index contributed by atoms with van der Waals surface area (Å²) in [4.78, 5) is 22.4. The number of pyridine rings is 1. The van der Waals surface area contributed by atoms with Crippen LogP contribution in [0, 0.1) is 5.92 Å². The topological polar surface area (TPSA) is 54.8 Å². The smallest absolute Gasteiger partial charge is 0.374 e. The van der Waals surface area contributed by atoms with E-state index in [9.17, 15) is 18.0 Å². The minimum absolute atomic E-state index is 0.0308. The molecule has 1 aromatic carbocycles. The summed E-state index contributed by atoms with van der Waals surface area (Å²) in [6.07, 6.45) is -4.31. The van der Waals surface area contributed by atoms with Gasteiger partial charge in [-0.25, -0.2) is 4.39 Å². The molecule has 1 aromatic heterocycles. The second kappa shape index (κ2) is 8.53. The van der Waals surface area contributed by atoms with Crippen LogP contribution in [0.1, 0.15) is 37.1 Å². The number of carbonyl (C=O) groups excluding carboxylic acids is 1. The molecule has 1 fully saturated rings. The Kier molecular flexibility index (Phi) is 6.28. The molecule has 0 N–H and O–H groups in total. The first-order valence-electron chi connectivity index (χ1n) is 10.2. The Morgan fingerprint density at radius 2 is 1.76 bits per heavy atom. The Morgan fingerprint density at radius 3 is 2.26 bits per heavy atom. The fourth-order valence-corrected chi connectivity index (χ4v) is 4.51. The van der Waals surface area contributed by atoms with Crippen LogP contribution in [0.25, 0.3) is 0 Å². The van der Waals surface area contributed by atoms with Gasteiger partial charge >= 0.3 is 6.18 Å². The van der Waals surface area contributed by atoms with Crippen LogP contribution in [0.2, 0.25) is 15.1 Å². The van der Waals surface area contributed by atoms with Crippen LogP contribution >= 0.6 is 34.8 Å². The molecule has 1 atom stereocenters. The van der Waals surface area contributed by atoms with Gasteiger partial charge in [-0.2, -0.15) is 13.2 Å². The Bertz CT molecular complexity index is 1140. The first-order chi connectivity index (χ1) is 15.8. The van der Waals surface area contributed by atoms with Gasteiger partial charge in [0.1, 0.15) is 0 Å². The van der Waals surface area contributed by atoms with E-state index in [2.05, 4.69) is 10.1 Å². The maximum Gasteiger partial charge on any atom is 0.435 e. The summed E-state index contributed by atoms with van der Waals surface area (Å²) in [5, 5.41) is 3.26.